The molecule has 134 valence electrons. The summed E-state index contributed by atoms with van der Waals surface area (Å²) >= 11 is 0. The van der Waals surface area contributed by atoms with E-state index in [1.54, 1.807) is 4.90 Å². The van der Waals surface area contributed by atoms with Gasteiger partial charge in [-0.3, -0.25) is 9.59 Å². The van der Waals surface area contributed by atoms with Crippen LogP contribution >= 0.6 is 0 Å². The molecule has 0 radical (unpaired) electrons. The first-order valence-corrected chi connectivity index (χ1v) is 8.62. The number of nitrogens with zero attached hydrogens (tertiary/aromatic N) is 1. The van der Waals surface area contributed by atoms with Gasteiger partial charge in [-0.1, -0.05) is 24.3 Å². The van der Waals surface area contributed by atoms with E-state index in [2.05, 4.69) is 5.32 Å². The van der Waals surface area contributed by atoms with Gasteiger partial charge in [0.25, 0.3) is 0 Å². The van der Waals surface area contributed by atoms with Gasteiger partial charge in [-0.05, 0) is 42.5 Å². The summed E-state index contributed by atoms with van der Waals surface area (Å²) < 4.78 is 26.8. The van der Waals surface area contributed by atoms with Gasteiger partial charge < -0.3 is 10.2 Å². The first kappa shape index (κ1) is 16.7. The van der Waals surface area contributed by atoms with Crippen molar-refractivity contribution in [2.75, 3.05) is 11.9 Å². The van der Waals surface area contributed by atoms with Crippen molar-refractivity contribution in [3.8, 4) is 0 Å². The van der Waals surface area contributed by atoms with Gasteiger partial charge >= 0.3 is 0 Å². The van der Waals surface area contributed by atoms with Crippen LogP contribution in [-0.2, 0) is 22.6 Å². The average Bonchev–Trinajstić information content (AvgIpc) is 3.45. The van der Waals surface area contributed by atoms with Crippen molar-refractivity contribution in [2.45, 2.75) is 25.8 Å². The maximum Gasteiger partial charge on any atom is 0.240 e. The Balaban J connectivity index is 1.50. The van der Waals surface area contributed by atoms with E-state index in [0.29, 0.717) is 32.0 Å². The topological polar surface area (TPSA) is 49.4 Å². The molecule has 2 amide bonds. The fraction of sp³-hybridized carbons (Fsp3) is 0.300. The van der Waals surface area contributed by atoms with E-state index < -0.39 is 23.0 Å². The molecule has 6 heteroatoms. The number of carbonyl (C=O) groups excluding carboxylic acids is 2. The zero-order chi connectivity index (χ0) is 18.3. The molecular formula is C20H18F2N2O2. The predicted molar refractivity (Wildman–Crippen MR) is 92.2 cm³/mol. The lowest BCUT2D eigenvalue weighted by Gasteiger charge is -2.31. The predicted octanol–water partition coefficient (Wildman–Crippen LogP) is 3.27. The Morgan fingerprint density at radius 2 is 1.77 bits per heavy atom. The Labute approximate surface area is 149 Å². The largest absolute Gasteiger partial charge is 0.337 e. The lowest BCUT2D eigenvalue weighted by molar-refractivity contribution is -0.143. The molecule has 1 fully saturated rings. The standard InChI is InChI=1S/C20H18F2N2O2/c21-15-5-6-17(16(22)11-15)23-18(25)20(8-9-20)19(26)24-10-7-13-3-1-2-4-14(13)12-24/h1-6,11H,7-10,12H2,(H,23,25). The van der Waals surface area contributed by atoms with Crippen molar-refractivity contribution >= 4 is 17.5 Å². The zero-order valence-electron chi connectivity index (χ0n) is 14.1. The molecular weight excluding hydrogens is 338 g/mol. The Morgan fingerprint density at radius 3 is 2.46 bits per heavy atom. The van der Waals surface area contributed by atoms with E-state index in [4.69, 9.17) is 0 Å². The lowest BCUT2D eigenvalue weighted by Crippen LogP contribution is -2.45. The number of benzene rings is 2. The summed E-state index contributed by atoms with van der Waals surface area (Å²) in [4.78, 5) is 27.3. The molecule has 0 saturated heterocycles. The van der Waals surface area contributed by atoms with Gasteiger partial charge in [0, 0.05) is 19.2 Å². The van der Waals surface area contributed by atoms with Crippen LogP contribution in [-0.4, -0.2) is 23.3 Å². The van der Waals surface area contributed by atoms with Crippen molar-refractivity contribution < 1.29 is 18.4 Å². The van der Waals surface area contributed by atoms with E-state index in [1.807, 2.05) is 24.3 Å². The van der Waals surface area contributed by atoms with Gasteiger partial charge in [0.2, 0.25) is 11.8 Å². The third kappa shape index (κ3) is 2.85. The highest BCUT2D eigenvalue weighted by molar-refractivity contribution is 6.13. The summed E-state index contributed by atoms with van der Waals surface area (Å²) in [5.41, 5.74) is 1.07. The molecule has 0 unspecified atom stereocenters. The number of hydrogen-bond acceptors (Lipinski definition) is 2. The summed E-state index contributed by atoms with van der Waals surface area (Å²) in [5.74, 6) is -2.31. The molecule has 1 heterocycles. The van der Waals surface area contributed by atoms with Crippen LogP contribution < -0.4 is 5.32 Å². The second kappa shape index (κ2) is 6.20. The molecule has 0 aromatic heterocycles. The highest BCUT2D eigenvalue weighted by Crippen LogP contribution is 2.48. The number of rotatable bonds is 3. The van der Waals surface area contributed by atoms with E-state index in [1.165, 1.54) is 11.6 Å². The molecule has 4 rings (SSSR count). The number of halogens is 2. The molecule has 1 aliphatic heterocycles. The second-order valence-electron chi connectivity index (χ2n) is 6.91. The Hall–Kier alpha value is -2.76. The highest BCUT2D eigenvalue weighted by Gasteiger charge is 2.58. The number of carbonyl (C=O) groups is 2. The highest BCUT2D eigenvalue weighted by atomic mass is 19.1. The van der Waals surface area contributed by atoms with Gasteiger partial charge in [-0.2, -0.15) is 0 Å². The van der Waals surface area contributed by atoms with Crippen LogP contribution in [0.4, 0.5) is 14.5 Å². The molecule has 1 saturated carbocycles. The number of anilines is 1. The van der Waals surface area contributed by atoms with Crippen LogP contribution in [0.3, 0.4) is 0 Å². The van der Waals surface area contributed by atoms with Gasteiger partial charge in [0.15, 0.2) is 0 Å². The van der Waals surface area contributed by atoms with Crippen LogP contribution in [0.25, 0.3) is 0 Å². The Bertz CT molecular complexity index is 893. The smallest absolute Gasteiger partial charge is 0.240 e. The van der Waals surface area contributed by atoms with Gasteiger partial charge in [0.05, 0.1) is 5.69 Å². The number of nitrogens with one attached hydrogen (secondary N) is 1. The third-order valence-corrected chi connectivity index (χ3v) is 5.19. The maximum absolute atomic E-state index is 13.8. The summed E-state index contributed by atoms with van der Waals surface area (Å²) in [5, 5.41) is 2.45. The van der Waals surface area contributed by atoms with Crippen LogP contribution in [0.2, 0.25) is 0 Å². The maximum atomic E-state index is 13.8. The van der Waals surface area contributed by atoms with Crippen LogP contribution in [0.5, 0.6) is 0 Å². The molecule has 26 heavy (non-hydrogen) atoms. The monoisotopic (exact) mass is 356 g/mol. The van der Waals surface area contributed by atoms with Crippen LogP contribution in [0, 0.1) is 17.0 Å². The minimum Gasteiger partial charge on any atom is -0.337 e. The molecule has 1 N–H and O–H groups in total. The fourth-order valence-corrected chi connectivity index (χ4v) is 3.47. The van der Waals surface area contributed by atoms with E-state index in [9.17, 15) is 18.4 Å². The minimum absolute atomic E-state index is 0.112. The molecule has 2 aromatic rings. The summed E-state index contributed by atoms with van der Waals surface area (Å²) in [6.07, 6.45) is 1.64. The molecule has 0 bridgehead atoms. The summed E-state index contributed by atoms with van der Waals surface area (Å²) in [6, 6.07) is 10.9. The first-order valence-electron chi connectivity index (χ1n) is 8.62. The van der Waals surface area contributed by atoms with Crippen molar-refractivity contribution in [3.63, 3.8) is 0 Å². The number of amides is 2. The van der Waals surface area contributed by atoms with Crippen molar-refractivity contribution in [3.05, 3.63) is 65.2 Å². The fourth-order valence-electron chi connectivity index (χ4n) is 3.47. The Kier molecular flexibility index (Phi) is 3.98. The van der Waals surface area contributed by atoms with Crippen LogP contribution in [0.15, 0.2) is 42.5 Å². The average molecular weight is 356 g/mol. The van der Waals surface area contributed by atoms with Gasteiger partial charge in [0.1, 0.15) is 17.0 Å². The van der Waals surface area contributed by atoms with E-state index in [-0.39, 0.29) is 11.6 Å². The number of fused-ring (bicyclic) bond motifs is 1. The zero-order valence-corrected chi connectivity index (χ0v) is 14.1. The Morgan fingerprint density at radius 1 is 1.04 bits per heavy atom. The minimum atomic E-state index is -1.13. The van der Waals surface area contributed by atoms with Crippen LogP contribution in [0.1, 0.15) is 24.0 Å². The van der Waals surface area contributed by atoms with Crippen molar-refractivity contribution in [2.24, 2.45) is 5.41 Å². The molecule has 2 aromatic carbocycles. The summed E-state index contributed by atoms with van der Waals surface area (Å²) in [7, 11) is 0. The van der Waals surface area contributed by atoms with Gasteiger partial charge in [-0.25, -0.2) is 8.78 Å². The molecule has 4 nitrogen and oxygen atoms in total. The SMILES string of the molecule is O=C(Nc1ccc(F)cc1F)C1(C(=O)N2CCc3ccccc3C2)CC1. The van der Waals surface area contributed by atoms with Crippen molar-refractivity contribution in [1.29, 1.82) is 0 Å². The normalized spacial score (nSPS) is 17.4. The molecule has 0 spiro atoms. The lowest BCUT2D eigenvalue weighted by atomic mass is 9.97. The molecule has 2 aliphatic rings. The second-order valence-corrected chi connectivity index (χ2v) is 6.91. The quantitative estimate of drug-likeness (QED) is 0.858. The summed E-state index contributed by atoms with van der Waals surface area (Å²) in [6.45, 7) is 1.05. The number of hydrogen-bond donors (Lipinski definition) is 1. The van der Waals surface area contributed by atoms with E-state index in [0.717, 1.165) is 18.1 Å². The van der Waals surface area contributed by atoms with Crippen molar-refractivity contribution in [1.82, 2.24) is 4.90 Å². The third-order valence-electron chi connectivity index (χ3n) is 5.19. The van der Waals surface area contributed by atoms with E-state index >= 15 is 0 Å². The van der Waals surface area contributed by atoms with Gasteiger partial charge in [-0.15, -0.1) is 0 Å². The first-order chi connectivity index (χ1) is 12.5. The molecule has 0 atom stereocenters. The molecule has 1 aliphatic carbocycles.